The van der Waals surface area contributed by atoms with E-state index in [0.29, 0.717) is 32.3 Å². The van der Waals surface area contributed by atoms with E-state index in [1.54, 1.807) is 12.2 Å². The molecule has 0 saturated heterocycles. The minimum atomic E-state index is -1.88. The third-order valence-electron chi connectivity index (χ3n) is 6.47. The number of ketones is 1. The standard InChI is InChI=1S/C23H46O5Si2/c1-19(28-30(10,11)23(5,6)7)17-21(26-18-24)14-12-13-20(25)15-16-27-29(8,9)22(2,3)4/h12-13,18-19,21H,14-17H2,1-11H3/b13-12+/t19-,21+/m1/s1. The van der Waals surface area contributed by atoms with E-state index in [4.69, 9.17) is 13.6 Å². The molecule has 176 valence electrons. The fourth-order valence-electron chi connectivity index (χ4n) is 2.44. The molecule has 0 fully saturated rings. The maximum atomic E-state index is 12.2. The summed E-state index contributed by atoms with van der Waals surface area (Å²) in [7, 11) is -3.71. The fourth-order valence-corrected chi connectivity index (χ4v) is 4.94. The lowest BCUT2D eigenvalue weighted by Gasteiger charge is -2.39. The smallest absolute Gasteiger partial charge is 0.293 e. The first-order valence-corrected chi connectivity index (χ1v) is 16.8. The van der Waals surface area contributed by atoms with Crippen molar-refractivity contribution in [1.29, 1.82) is 0 Å². The minimum Gasteiger partial charge on any atom is -0.464 e. The molecule has 0 radical (unpaired) electrons. The van der Waals surface area contributed by atoms with E-state index in [1.807, 2.05) is 6.92 Å². The van der Waals surface area contributed by atoms with Crippen LogP contribution < -0.4 is 0 Å². The lowest BCUT2D eigenvalue weighted by molar-refractivity contribution is -0.134. The molecule has 7 heteroatoms. The maximum Gasteiger partial charge on any atom is 0.293 e. The molecule has 0 bridgehead atoms. The molecular weight excluding hydrogens is 412 g/mol. The second-order valence-electron chi connectivity index (χ2n) is 11.2. The first-order chi connectivity index (χ1) is 13.4. The second kappa shape index (κ2) is 11.7. The molecule has 0 aliphatic carbocycles. The van der Waals surface area contributed by atoms with Gasteiger partial charge in [0.2, 0.25) is 0 Å². The van der Waals surface area contributed by atoms with Gasteiger partial charge in [0.25, 0.3) is 6.47 Å². The van der Waals surface area contributed by atoms with Gasteiger partial charge in [-0.25, -0.2) is 0 Å². The van der Waals surface area contributed by atoms with Crippen LogP contribution in [0.3, 0.4) is 0 Å². The lowest BCUT2D eigenvalue weighted by atomic mass is 10.1. The summed E-state index contributed by atoms with van der Waals surface area (Å²) >= 11 is 0. The second-order valence-corrected chi connectivity index (χ2v) is 20.8. The Kier molecular flexibility index (Phi) is 11.4. The van der Waals surface area contributed by atoms with E-state index in [2.05, 4.69) is 67.7 Å². The summed E-state index contributed by atoms with van der Waals surface area (Å²) in [5.74, 6) is 0.0316. The summed E-state index contributed by atoms with van der Waals surface area (Å²) in [6.45, 7) is 24.9. The van der Waals surface area contributed by atoms with Gasteiger partial charge < -0.3 is 13.6 Å². The van der Waals surface area contributed by atoms with Crippen molar-refractivity contribution in [3.8, 4) is 0 Å². The van der Waals surface area contributed by atoms with Crippen molar-refractivity contribution in [1.82, 2.24) is 0 Å². The van der Waals surface area contributed by atoms with E-state index in [9.17, 15) is 9.59 Å². The number of ether oxygens (including phenoxy) is 1. The maximum absolute atomic E-state index is 12.2. The first kappa shape index (κ1) is 29.2. The fraction of sp³-hybridized carbons (Fsp3) is 0.826. The van der Waals surface area contributed by atoms with Gasteiger partial charge in [0.1, 0.15) is 6.10 Å². The van der Waals surface area contributed by atoms with Crippen LogP contribution in [0.4, 0.5) is 0 Å². The summed E-state index contributed by atoms with van der Waals surface area (Å²) in [6.07, 6.45) is 4.54. The highest BCUT2D eigenvalue weighted by Gasteiger charge is 2.39. The molecule has 0 aliphatic rings. The number of hydrogen-bond acceptors (Lipinski definition) is 5. The molecule has 2 atom stereocenters. The Morgan fingerprint density at radius 1 is 0.967 bits per heavy atom. The Morgan fingerprint density at radius 2 is 1.50 bits per heavy atom. The normalized spacial score (nSPS) is 15.8. The van der Waals surface area contributed by atoms with Crippen LogP contribution in [-0.2, 0) is 23.2 Å². The van der Waals surface area contributed by atoms with Crippen LogP contribution in [0, 0.1) is 0 Å². The van der Waals surface area contributed by atoms with E-state index in [1.165, 1.54) is 0 Å². The Labute approximate surface area is 187 Å². The first-order valence-electron chi connectivity index (χ1n) is 11.0. The summed E-state index contributed by atoms with van der Waals surface area (Å²) in [6, 6.07) is 0. The van der Waals surface area contributed by atoms with Crippen LogP contribution >= 0.6 is 0 Å². The molecule has 30 heavy (non-hydrogen) atoms. The van der Waals surface area contributed by atoms with E-state index < -0.39 is 16.6 Å². The molecule has 5 nitrogen and oxygen atoms in total. The van der Waals surface area contributed by atoms with Gasteiger partial charge in [0, 0.05) is 32.0 Å². The van der Waals surface area contributed by atoms with E-state index in [0.717, 1.165) is 0 Å². The zero-order valence-electron chi connectivity index (χ0n) is 21.3. The van der Waals surface area contributed by atoms with E-state index in [-0.39, 0.29) is 28.1 Å². The summed E-state index contributed by atoms with van der Waals surface area (Å²) in [5, 5.41) is 0.259. The van der Waals surface area contributed by atoms with Gasteiger partial charge in [-0.3, -0.25) is 9.59 Å². The van der Waals surface area contributed by atoms with Gasteiger partial charge in [-0.05, 0) is 49.3 Å². The predicted molar refractivity (Wildman–Crippen MR) is 130 cm³/mol. The van der Waals surface area contributed by atoms with Crippen LogP contribution in [0.15, 0.2) is 12.2 Å². The molecule has 0 heterocycles. The molecule has 0 unspecified atom stereocenters. The third-order valence-corrected chi connectivity index (χ3v) is 15.6. The summed E-state index contributed by atoms with van der Waals surface area (Å²) in [5.41, 5.74) is 0. The molecule has 0 rings (SSSR count). The molecular formula is C23H46O5Si2. The zero-order valence-corrected chi connectivity index (χ0v) is 23.3. The van der Waals surface area contributed by atoms with Gasteiger partial charge in [-0.15, -0.1) is 0 Å². The van der Waals surface area contributed by atoms with Crippen molar-refractivity contribution in [3.05, 3.63) is 12.2 Å². The highest BCUT2D eigenvalue weighted by atomic mass is 28.4. The number of hydrogen-bond donors (Lipinski definition) is 0. The predicted octanol–water partition coefficient (Wildman–Crippen LogP) is 6.26. The molecule has 0 saturated carbocycles. The van der Waals surface area contributed by atoms with Crippen molar-refractivity contribution in [2.75, 3.05) is 6.61 Å². The van der Waals surface area contributed by atoms with Gasteiger partial charge in [0.05, 0.1) is 0 Å². The van der Waals surface area contributed by atoms with Crippen molar-refractivity contribution < 1.29 is 23.2 Å². The van der Waals surface area contributed by atoms with Crippen molar-refractivity contribution >= 4 is 28.9 Å². The molecule has 0 spiro atoms. The molecule has 0 aromatic heterocycles. The van der Waals surface area contributed by atoms with Crippen LogP contribution in [0.5, 0.6) is 0 Å². The average molecular weight is 459 g/mol. The largest absolute Gasteiger partial charge is 0.464 e. The Balaban J connectivity index is 4.60. The van der Waals surface area contributed by atoms with Crippen LogP contribution in [0.1, 0.15) is 67.7 Å². The summed E-state index contributed by atoms with van der Waals surface area (Å²) < 4.78 is 17.6. The van der Waals surface area contributed by atoms with Gasteiger partial charge >= 0.3 is 0 Å². The van der Waals surface area contributed by atoms with Crippen LogP contribution in [0.2, 0.25) is 36.3 Å². The molecule has 0 amide bonds. The highest BCUT2D eigenvalue weighted by Crippen LogP contribution is 2.38. The number of carbonyl (C=O) groups excluding carboxylic acids is 2. The minimum absolute atomic E-state index is 0.0158. The third kappa shape index (κ3) is 10.5. The number of rotatable bonds is 13. The molecule has 0 aliphatic heterocycles. The molecule has 0 N–H and O–H groups in total. The van der Waals surface area contributed by atoms with E-state index >= 15 is 0 Å². The van der Waals surface area contributed by atoms with Crippen LogP contribution in [0.25, 0.3) is 0 Å². The molecule has 0 aromatic rings. The zero-order chi connectivity index (χ0) is 23.8. The summed E-state index contributed by atoms with van der Waals surface area (Å²) in [4.78, 5) is 23.1. The highest BCUT2D eigenvalue weighted by molar-refractivity contribution is 6.74. The SMILES string of the molecule is C[C@H](C[C@H](C/C=C/C(=O)CCO[Si](C)(C)C(C)(C)C)OC=O)O[Si](C)(C)C(C)(C)C. The van der Waals surface area contributed by atoms with Gasteiger partial charge in [-0.1, -0.05) is 47.6 Å². The van der Waals surface area contributed by atoms with Crippen molar-refractivity contribution in [2.24, 2.45) is 0 Å². The van der Waals surface area contributed by atoms with Crippen molar-refractivity contribution in [2.45, 2.75) is 116 Å². The lowest BCUT2D eigenvalue weighted by Crippen LogP contribution is -2.44. The van der Waals surface area contributed by atoms with Gasteiger partial charge in [-0.2, -0.15) is 0 Å². The Morgan fingerprint density at radius 3 is 1.97 bits per heavy atom. The Hall–Kier alpha value is -0.766. The number of carbonyl (C=O) groups is 2. The van der Waals surface area contributed by atoms with Crippen molar-refractivity contribution in [3.63, 3.8) is 0 Å². The van der Waals surface area contributed by atoms with Crippen LogP contribution in [-0.4, -0.2) is 47.7 Å². The monoisotopic (exact) mass is 458 g/mol. The average Bonchev–Trinajstić information content (AvgIpc) is 2.51. The quantitative estimate of drug-likeness (QED) is 0.185. The van der Waals surface area contributed by atoms with Gasteiger partial charge in [0.15, 0.2) is 22.4 Å². The number of allylic oxidation sites excluding steroid dienone is 1. The molecule has 0 aromatic carbocycles. The topological polar surface area (TPSA) is 61.8 Å². The Bertz CT molecular complexity index is 571.